The molecule has 0 aromatic carbocycles. The fourth-order valence-corrected chi connectivity index (χ4v) is 1.40. The lowest BCUT2D eigenvalue weighted by Gasteiger charge is -2.22. The van der Waals surface area contributed by atoms with Crippen LogP contribution in [0.4, 0.5) is 5.82 Å². The van der Waals surface area contributed by atoms with Crippen LogP contribution >= 0.6 is 0 Å². The Morgan fingerprint density at radius 3 is 2.76 bits per heavy atom. The Morgan fingerprint density at radius 2 is 2.24 bits per heavy atom. The van der Waals surface area contributed by atoms with Gasteiger partial charge in [-0.25, -0.2) is 9.78 Å². The molecule has 1 atom stereocenters. The lowest BCUT2D eigenvalue weighted by molar-refractivity contribution is 0.0690. The maximum absolute atomic E-state index is 10.8. The summed E-state index contributed by atoms with van der Waals surface area (Å²) < 4.78 is 5.11. The Kier molecular flexibility index (Phi) is 4.90. The molecule has 5 heteroatoms. The number of carbonyl (C=O) groups is 1. The molecule has 0 aliphatic carbocycles. The standard InChI is InChI=1S/C12H18N2O3/c1-8(2)10(7-17-3)14-11-6-4-5-9(13-11)12(15)16/h4-6,8,10H,7H2,1-3H3,(H,13,14)(H,15,16). The van der Waals surface area contributed by atoms with Crippen molar-refractivity contribution in [3.63, 3.8) is 0 Å². The van der Waals surface area contributed by atoms with Crippen molar-refractivity contribution in [2.45, 2.75) is 19.9 Å². The van der Waals surface area contributed by atoms with Crippen LogP contribution in [-0.4, -0.2) is 35.8 Å². The van der Waals surface area contributed by atoms with Crippen molar-refractivity contribution in [3.05, 3.63) is 23.9 Å². The SMILES string of the molecule is COCC(Nc1cccc(C(=O)O)n1)C(C)C. The minimum atomic E-state index is -1.03. The predicted molar refractivity (Wildman–Crippen MR) is 65.3 cm³/mol. The monoisotopic (exact) mass is 238 g/mol. The van der Waals surface area contributed by atoms with E-state index < -0.39 is 5.97 Å². The van der Waals surface area contributed by atoms with Crippen LogP contribution in [0.25, 0.3) is 0 Å². The van der Waals surface area contributed by atoms with Crippen LogP contribution in [0.2, 0.25) is 0 Å². The Bertz CT molecular complexity index is 380. The van der Waals surface area contributed by atoms with E-state index >= 15 is 0 Å². The number of aromatic nitrogens is 1. The third kappa shape index (κ3) is 4.03. The van der Waals surface area contributed by atoms with Crippen molar-refractivity contribution < 1.29 is 14.6 Å². The molecule has 0 saturated carbocycles. The number of hydrogen-bond acceptors (Lipinski definition) is 4. The highest BCUT2D eigenvalue weighted by molar-refractivity contribution is 5.85. The smallest absolute Gasteiger partial charge is 0.354 e. The van der Waals surface area contributed by atoms with E-state index in [1.165, 1.54) is 6.07 Å². The molecule has 1 unspecified atom stereocenters. The molecule has 0 aliphatic heterocycles. The van der Waals surface area contributed by atoms with Gasteiger partial charge >= 0.3 is 5.97 Å². The van der Waals surface area contributed by atoms with Gasteiger partial charge in [0.15, 0.2) is 5.69 Å². The summed E-state index contributed by atoms with van der Waals surface area (Å²) in [6.07, 6.45) is 0. The van der Waals surface area contributed by atoms with Crippen molar-refractivity contribution >= 4 is 11.8 Å². The van der Waals surface area contributed by atoms with Gasteiger partial charge in [0, 0.05) is 7.11 Å². The van der Waals surface area contributed by atoms with Crippen molar-refractivity contribution in [1.29, 1.82) is 0 Å². The summed E-state index contributed by atoms with van der Waals surface area (Å²) in [6, 6.07) is 4.99. The number of nitrogens with zero attached hydrogens (tertiary/aromatic N) is 1. The van der Waals surface area contributed by atoms with Crippen LogP contribution in [0.3, 0.4) is 0 Å². The topological polar surface area (TPSA) is 71.5 Å². The fourth-order valence-electron chi connectivity index (χ4n) is 1.40. The van der Waals surface area contributed by atoms with Gasteiger partial charge in [0.05, 0.1) is 12.6 Å². The highest BCUT2D eigenvalue weighted by Crippen LogP contribution is 2.11. The van der Waals surface area contributed by atoms with Crippen molar-refractivity contribution in [2.24, 2.45) is 5.92 Å². The lowest BCUT2D eigenvalue weighted by Crippen LogP contribution is -2.30. The maximum Gasteiger partial charge on any atom is 0.354 e. The molecule has 1 rings (SSSR count). The number of carboxylic acid groups (broad SMARTS) is 1. The molecule has 0 bridgehead atoms. The van der Waals surface area contributed by atoms with Crippen LogP contribution in [0.15, 0.2) is 18.2 Å². The number of aromatic carboxylic acids is 1. The molecule has 0 spiro atoms. The van der Waals surface area contributed by atoms with Crippen LogP contribution in [0, 0.1) is 5.92 Å². The summed E-state index contributed by atoms with van der Waals surface area (Å²) in [7, 11) is 1.64. The van der Waals surface area contributed by atoms with E-state index in [0.29, 0.717) is 18.3 Å². The first kappa shape index (κ1) is 13.4. The first-order valence-corrected chi connectivity index (χ1v) is 5.50. The number of nitrogens with one attached hydrogen (secondary N) is 1. The molecule has 17 heavy (non-hydrogen) atoms. The van der Waals surface area contributed by atoms with Gasteiger partial charge in [0.25, 0.3) is 0 Å². The maximum atomic E-state index is 10.8. The summed E-state index contributed by atoms with van der Waals surface area (Å²) in [5.41, 5.74) is 0.0370. The molecule has 1 heterocycles. The Hall–Kier alpha value is -1.62. The summed E-state index contributed by atoms with van der Waals surface area (Å²) in [5.74, 6) is -0.104. The average Bonchev–Trinajstić information content (AvgIpc) is 2.28. The van der Waals surface area contributed by atoms with Gasteiger partial charge in [-0.3, -0.25) is 0 Å². The number of ether oxygens (including phenoxy) is 1. The van der Waals surface area contributed by atoms with E-state index in [2.05, 4.69) is 24.1 Å². The van der Waals surface area contributed by atoms with Gasteiger partial charge in [0.1, 0.15) is 5.82 Å². The van der Waals surface area contributed by atoms with Gasteiger partial charge in [-0.05, 0) is 18.1 Å². The van der Waals surface area contributed by atoms with E-state index in [1.54, 1.807) is 19.2 Å². The lowest BCUT2D eigenvalue weighted by atomic mass is 10.1. The quantitative estimate of drug-likeness (QED) is 0.791. The van der Waals surface area contributed by atoms with E-state index in [-0.39, 0.29) is 11.7 Å². The summed E-state index contributed by atoms with van der Waals surface area (Å²) >= 11 is 0. The zero-order chi connectivity index (χ0) is 12.8. The molecule has 1 aromatic heterocycles. The van der Waals surface area contributed by atoms with Gasteiger partial charge < -0.3 is 15.2 Å². The molecule has 0 aliphatic rings. The third-order valence-corrected chi connectivity index (χ3v) is 2.45. The Morgan fingerprint density at radius 1 is 1.53 bits per heavy atom. The fraction of sp³-hybridized carbons (Fsp3) is 0.500. The van der Waals surface area contributed by atoms with Crippen molar-refractivity contribution in [3.8, 4) is 0 Å². The van der Waals surface area contributed by atoms with Crippen LogP contribution in [0.1, 0.15) is 24.3 Å². The average molecular weight is 238 g/mol. The van der Waals surface area contributed by atoms with Crippen molar-refractivity contribution in [1.82, 2.24) is 4.98 Å². The second-order valence-electron chi connectivity index (χ2n) is 4.16. The second kappa shape index (κ2) is 6.20. The van der Waals surface area contributed by atoms with Crippen molar-refractivity contribution in [2.75, 3.05) is 19.0 Å². The molecule has 2 N–H and O–H groups in total. The number of hydrogen-bond donors (Lipinski definition) is 2. The molecular weight excluding hydrogens is 220 g/mol. The molecule has 0 radical (unpaired) electrons. The van der Waals surface area contributed by atoms with E-state index in [1.807, 2.05) is 0 Å². The highest BCUT2D eigenvalue weighted by atomic mass is 16.5. The summed E-state index contributed by atoms with van der Waals surface area (Å²) in [6.45, 7) is 4.69. The van der Waals surface area contributed by atoms with E-state index in [9.17, 15) is 4.79 Å². The number of pyridine rings is 1. The van der Waals surface area contributed by atoms with Gasteiger partial charge in [-0.2, -0.15) is 0 Å². The van der Waals surface area contributed by atoms with E-state index in [4.69, 9.17) is 9.84 Å². The first-order chi connectivity index (χ1) is 8.04. The normalized spacial score (nSPS) is 12.5. The predicted octanol–water partition coefficient (Wildman–Crippen LogP) is 1.86. The van der Waals surface area contributed by atoms with Gasteiger partial charge in [-0.1, -0.05) is 19.9 Å². The zero-order valence-corrected chi connectivity index (χ0v) is 10.3. The molecule has 0 saturated heterocycles. The number of carboxylic acids is 1. The van der Waals surface area contributed by atoms with Crippen LogP contribution in [-0.2, 0) is 4.74 Å². The van der Waals surface area contributed by atoms with Gasteiger partial charge in [0.2, 0.25) is 0 Å². The number of methoxy groups -OCH3 is 1. The largest absolute Gasteiger partial charge is 0.477 e. The number of anilines is 1. The second-order valence-corrected chi connectivity index (χ2v) is 4.16. The summed E-state index contributed by atoms with van der Waals surface area (Å²) in [5, 5.41) is 12.0. The molecule has 0 amide bonds. The molecule has 0 fully saturated rings. The first-order valence-electron chi connectivity index (χ1n) is 5.50. The Balaban J connectivity index is 2.78. The minimum absolute atomic E-state index is 0.0370. The molecular formula is C12H18N2O3. The number of rotatable bonds is 6. The Labute approximate surface area is 101 Å². The van der Waals surface area contributed by atoms with Gasteiger partial charge in [-0.15, -0.1) is 0 Å². The minimum Gasteiger partial charge on any atom is -0.477 e. The van der Waals surface area contributed by atoms with Crippen LogP contribution < -0.4 is 5.32 Å². The molecule has 1 aromatic rings. The molecule has 5 nitrogen and oxygen atoms in total. The highest BCUT2D eigenvalue weighted by Gasteiger charge is 2.14. The zero-order valence-electron chi connectivity index (χ0n) is 10.3. The van der Waals surface area contributed by atoms with E-state index in [0.717, 1.165) is 0 Å². The van der Waals surface area contributed by atoms with Crippen LogP contribution in [0.5, 0.6) is 0 Å². The molecule has 94 valence electrons. The summed E-state index contributed by atoms with van der Waals surface area (Å²) in [4.78, 5) is 14.8. The third-order valence-electron chi connectivity index (χ3n) is 2.45.